The molecular weight excluding hydrogens is 871 g/mol. The Morgan fingerprint density at radius 1 is 0.615 bits per heavy atom. The number of carboxylic acids is 3. The van der Waals surface area contributed by atoms with Crippen LogP contribution in [-0.4, -0.2) is 130 Å². The molecule has 7 amide bonds. The first-order valence-electron chi connectivity index (χ1n) is 20.3. The van der Waals surface area contributed by atoms with Crippen LogP contribution in [0.5, 0.6) is 0 Å². The van der Waals surface area contributed by atoms with Gasteiger partial charge >= 0.3 is 24.1 Å². The number of hydrogen-bond acceptors (Lipinski definition) is 11. The van der Waals surface area contributed by atoms with Crippen molar-refractivity contribution in [3.8, 4) is 0 Å². The molecule has 0 radical (unpaired) electrons. The summed E-state index contributed by atoms with van der Waals surface area (Å²) in [6.07, 6.45) is -11.1. The van der Waals surface area contributed by atoms with Crippen molar-refractivity contribution in [1.29, 1.82) is 0 Å². The topological polar surface area (TPSA) is 333 Å². The van der Waals surface area contributed by atoms with Gasteiger partial charge in [-0.2, -0.15) is 13.2 Å². The van der Waals surface area contributed by atoms with Gasteiger partial charge in [-0.1, -0.05) is 58.9 Å². The summed E-state index contributed by atoms with van der Waals surface area (Å²) < 4.78 is 40.3. The molecule has 0 spiro atoms. The fourth-order valence-corrected chi connectivity index (χ4v) is 6.09. The number of carbonyl (C=O) groups excluding carboxylic acids is 8. The van der Waals surface area contributed by atoms with E-state index in [1.165, 1.54) is 20.8 Å². The number of hydrogen-bond donors (Lipinski definition) is 10. The van der Waals surface area contributed by atoms with Gasteiger partial charge in [-0.3, -0.25) is 52.7 Å². The second-order valence-electron chi connectivity index (χ2n) is 16.6. The third kappa shape index (κ3) is 21.1. The molecule has 1 aromatic carbocycles. The van der Waals surface area contributed by atoms with E-state index in [1.54, 1.807) is 45.0 Å². The van der Waals surface area contributed by atoms with E-state index in [9.17, 15) is 76.1 Å². The molecule has 0 aliphatic carbocycles. The Labute approximate surface area is 372 Å². The van der Waals surface area contributed by atoms with Crippen LogP contribution in [0.2, 0.25) is 0 Å². The van der Waals surface area contributed by atoms with Gasteiger partial charge in [0.15, 0.2) is 0 Å². The van der Waals surface area contributed by atoms with Crippen molar-refractivity contribution in [1.82, 2.24) is 37.2 Å². The van der Waals surface area contributed by atoms with Crippen LogP contribution in [0.25, 0.3) is 0 Å². The van der Waals surface area contributed by atoms with Crippen molar-refractivity contribution >= 4 is 65.0 Å². The number of amides is 7. The van der Waals surface area contributed by atoms with Gasteiger partial charge in [0.25, 0.3) is 5.91 Å². The summed E-state index contributed by atoms with van der Waals surface area (Å²) in [5.74, 6) is -14.5. The molecule has 1 unspecified atom stereocenters. The summed E-state index contributed by atoms with van der Waals surface area (Å²) in [4.78, 5) is 140. The van der Waals surface area contributed by atoms with Crippen molar-refractivity contribution in [3.05, 3.63) is 35.4 Å². The number of rotatable bonds is 26. The maximum Gasteiger partial charge on any atom is 0.391 e. The fraction of sp³-hybridized carbons (Fsp3) is 0.585. The van der Waals surface area contributed by atoms with Gasteiger partial charge in [-0.15, -0.1) is 0 Å². The molecule has 1 rings (SSSR count). The molecule has 0 bridgehead atoms. The number of nitrogens with one attached hydrogen (secondary N) is 7. The predicted octanol–water partition coefficient (Wildman–Crippen LogP) is 0.0103. The molecule has 0 aromatic heterocycles. The van der Waals surface area contributed by atoms with Gasteiger partial charge in [-0.25, -0.2) is 0 Å². The third-order valence-electron chi connectivity index (χ3n) is 9.47. The van der Waals surface area contributed by atoms with E-state index in [1.807, 2.05) is 10.6 Å². The van der Waals surface area contributed by atoms with E-state index < -0.39 is 151 Å². The zero-order valence-electron chi connectivity index (χ0n) is 37.0. The molecule has 6 atom stereocenters. The number of aryl methyl sites for hydroxylation is 1. The number of halogens is 3. The average Bonchev–Trinajstić information content (AvgIpc) is 3.18. The van der Waals surface area contributed by atoms with E-state index in [2.05, 4.69) is 26.6 Å². The molecule has 65 heavy (non-hydrogen) atoms. The second-order valence-corrected chi connectivity index (χ2v) is 16.6. The van der Waals surface area contributed by atoms with Crippen LogP contribution in [0, 0.1) is 18.3 Å². The molecule has 0 saturated carbocycles. The monoisotopic (exact) mass is 929 g/mol. The Kier molecular flexibility index (Phi) is 22.2. The lowest BCUT2D eigenvalue weighted by Gasteiger charge is -2.34. The van der Waals surface area contributed by atoms with Gasteiger partial charge in [-0.05, 0) is 42.2 Å². The molecule has 1 aromatic rings. The lowest BCUT2D eigenvalue weighted by atomic mass is 9.85. The number of aliphatic carboxylic acids is 3. The van der Waals surface area contributed by atoms with Gasteiger partial charge in [0.1, 0.15) is 36.3 Å². The maximum absolute atomic E-state index is 14.3. The van der Waals surface area contributed by atoms with Crippen molar-refractivity contribution < 1.29 is 81.2 Å². The minimum atomic E-state index is -5.00. The molecule has 0 heterocycles. The van der Waals surface area contributed by atoms with Crippen LogP contribution in [-0.2, 0) is 59.2 Å². The molecule has 0 aliphatic rings. The highest BCUT2D eigenvalue weighted by Gasteiger charge is 2.41. The van der Waals surface area contributed by atoms with Crippen molar-refractivity contribution in [2.75, 3.05) is 7.05 Å². The molecular formula is C41H58F3N7O14. The lowest BCUT2D eigenvalue weighted by Crippen LogP contribution is -2.62. The average molecular weight is 930 g/mol. The number of Topliss-reactive ketones (excluding diaryl/α,β-unsaturated/α-hetero) is 1. The molecule has 24 heteroatoms. The summed E-state index contributed by atoms with van der Waals surface area (Å²) in [5, 5.41) is 43.1. The summed E-state index contributed by atoms with van der Waals surface area (Å²) in [5.41, 5.74) is -0.0674. The summed E-state index contributed by atoms with van der Waals surface area (Å²) >= 11 is 0. The van der Waals surface area contributed by atoms with Gasteiger partial charge < -0.3 is 52.5 Å². The predicted molar refractivity (Wildman–Crippen MR) is 221 cm³/mol. The first-order chi connectivity index (χ1) is 29.9. The summed E-state index contributed by atoms with van der Waals surface area (Å²) in [6, 6.07) is -4.18. The molecule has 10 N–H and O–H groups in total. The number of carboxylic acid groups (broad SMARTS) is 3. The number of carbonyl (C=O) groups is 11. The minimum Gasteiger partial charge on any atom is -0.481 e. The fourth-order valence-electron chi connectivity index (χ4n) is 6.09. The van der Waals surface area contributed by atoms with Crippen LogP contribution < -0.4 is 37.2 Å². The van der Waals surface area contributed by atoms with Crippen LogP contribution in [0.4, 0.5) is 13.2 Å². The van der Waals surface area contributed by atoms with Crippen LogP contribution >= 0.6 is 0 Å². The highest BCUT2D eigenvalue weighted by molar-refractivity contribution is 6.38. The number of ketones is 1. The number of alkyl halides is 3. The third-order valence-corrected chi connectivity index (χ3v) is 9.47. The molecule has 362 valence electrons. The van der Waals surface area contributed by atoms with Gasteiger partial charge in [0.05, 0.1) is 19.3 Å². The Morgan fingerprint density at radius 2 is 1.12 bits per heavy atom. The first kappa shape index (κ1) is 56.4. The maximum atomic E-state index is 14.3. The van der Waals surface area contributed by atoms with E-state index in [0.29, 0.717) is 11.1 Å². The number of benzene rings is 1. The van der Waals surface area contributed by atoms with E-state index in [-0.39, 0.29) is 18.8 Å². The highest BCUT2D eigenvalue weighted by Crippen LogP contribution is 2.23. The van der Waals surface area contributed by atoms with E-state index in [4.69, 9.17) is 5.11 Å². The second kappa shape index (κ2) is 25.6. The van der Waals surface area contributed by atoms with Gasteiger partial charge in [0, 0.05) is 26.3 Å². The van der Waals surface area contributed by atoms with Crippen LogP contribution in [0.1, 0.15) is 90.7 Å². The largest absolute Gasteiger partial charge is 0.481 e. The van der Waals surface area contributed by atoms with E-state index >= 15 is 0 Å². The highest BCUT2D eigenvalue weighted by atomic mass is 19.4. The van der Waals surface area contributed by atoms with Crippen LogP contribution in [0.3, 0.4) is 0 Å². The molecule has 0 aliphatic heterocycles. The lowest BCUT2D eigenvalue weighted by molar-refractivity contribution is -0.154. The summed E-state index contributed by atoms with van der Waals surface area (Å²) in [7, 11) is 1.00. The Hall–Kier alpha value is -6.62. The standard InChI is InChI=1S/C41H58F3N7O14/c1-20(2)16-24(35(61)50-27(19-41(42,43)44)32(59)38(64)45-7)49-39(65)33(40(4,5)6)51-37(63)25(17-22-11-9-8-10-21(22)3)48-34(60)23(12-14-29(53)54)47-36(62)26(18-31(57)58)46-28(52)13-15-30(55)56/h8-11,20,23-27,33H,12-19H2,1-7H3,(H,45,64)(H,46,52)(H,47,62)(H,48,60)(H,49,65)(H,50,61)(H,51,63)(H,53,54)(H,55,56)(H,57,58)/t23-,24-,25-,26-,27?,33+/m0/s1. The zero-order chi connectivity index (χ0) is 50.0. The SMILES string of the molecule is CNC(=O)C(=O)C(CC(F)(F)F)NC(=O)[C@H](CC(C)C)NC(=O)[C@@H](NC(=O)[C@H](Cc1ccccc1C)NC(=O)[C@H](CCC(=O)O)NC(=O)[C@H](CC(=O)O)NC(=O)CCC(=O)O)C(C)(C)C. The zero-order valence-corrected chi connectivity index (χ0v) is 37.0. The minimum absolute atomic E-state index is 0.190. The summed E-state index contributed by atoms with van der Waals surface area (Å²) in [6.45, 7) is 9.45. The molecule has 0 fully saturated rings. The van der Waals surface area contributed by atoms with Crippen LogP contribution in [0.15, 0.2) is 24.3 Å². The van der Waals surface area contributed by atoms with Crippen molar-refractivity contribution in [3.63, 3.8) is 0 Å². The molecule has 21 nitrogen and oxygen atoms in total. The smallest absolute Gasteiger partial charge is 0.391 e. The van der Waals surface area contributed by atoms with Crippen molar-refractivity contribution in [2.24, 2.45) is 11.3 Å². The quantitative estimate of drug-likeness (QED) is 0.0548. The normalized spacial score (nSPS) is 14.2. The Bertz CT molecular complexity index is 1940. The Morgan fingerprint density at radius 3 is 1.63 bits per heavy atom. The van der Waals surface area contributed by atoms with Crippen molar-refractivity contribution in [2.45, 2.75) is 135 Å². The first-order valence-corrected chi connectivity index (χ1v) is 20.3. The number of likely N-dealkylation sites (N-methyl/N-ethyl adjacent to an activating group) is 1. The molecule has 0 saturated heterocycles. The van der Waals surface area contributed by atoms with E-state index in [0.717, 1.165) is 7.05 Å². The van der Waals surface area contributed by atoms with Gasteiger partial charge in [0.2, 0.25) is 41.2 Å². The Balaban J connectivity index is 3.63.